The van der Waals surface area contributed by atoms with Crippen LogP contribution in [-0.4, -0.2) is 46.9 Å². The standard InChI is InChI=1S/4C3H6.2C2H6O2.7C2H4/c4*1-3-2;2*3-1-2-4;7*1-2/h4*3H,1H2,2H3;2*3-4H,1-2H2;7*1-2H2. The average Bonchev–Trinajstić information content (AvgIpc) is 2.94. The molecule has 0 aliphatic heterocycles. The van der Waals surface area contributed by atoms with Crippen LogP contribution >= 0.6 is 0 Å². The number of aliphatic hydroxyl groups is 4. The molecule has 0 spiro atoms. The van der Waals surface area contributed by atoms with E-state index in [0.29, 0.717) is 0 Å². The molecule has 0 rings (SSSR count). The molecule has 0 radical (unpaired) electrons. The molecule has 0 aromatic rings. The van der Waals surface area contributed by atoms with Crippen molar-refractivity contribution in [1.29, 1.82) is 0 Å². The topological polar surface area (TPSA) is 80.9 Å². The van der Waals surface area contributed by atoms with Crippen LogP contribution in [0.1, 0.15) is 27.7 Å². The van der Waals surface area contributed by atoms with E-state index in [4.69, 9.17) is 20.4 Å². The summed E-state index contributed by atoms with van der Waals surface area (Å²) in [5, 5.41) is 30.5. The highest BCUT2D eigenvalue weighted by atomic mass is 16.3. The predicted octanol–water partition coefficient (Wildman–Crippen LogP) is 8.33. The van der Waals surface area contributed by atoms with Crippen molar-refractivity contribution >= 4 is 0 Å². The van der Waals surface area contributed by atoms with Crippen LogP contribution in [0.2, 0.25) is 0 Å². The normalized spacial score (nSPS) is 4.12. The third-order valence-electron chi connectivity index (χ3n) is 0.200. The summed E-state index contributed by atoms with van der Waals surface area (Å²) in [5.74, 6) is 0. The molecule has 0 fully saturated rings. The second-order valence-corrected chi connectivity index (χ2v) is 2.53. The van der Waals surface area contributed by atoms with Crippen LogP contribution < -0.4 is 0 Å². The quantitative estimate of drug-likeness (QED) is 0.294. The molecule has 0 aliphatic rings. The summed E-state index contributed by atoms with van der Waals surface area (Å²) < 4.78 is 0. The Labute approximate surface area is 217 Å². The zero-order chi connectivity index (χ0) is 31.7. The van der Waals surface area contributed by atoms with Crippen LogP contribution in [-0.2, 0) is 0 Å². The highest BCUT2D eigenvalue weighted by Gasteiger charge is 1.58. The highest BCUT2D eigenvalue weighted by Crippen LogP contribution is 1.40. The SMILES string of the molecule is C=C.C=C.C=C.C=C.C=C.C=C.C=C.C=CC.C=CC.C=CC.C=CC.OCCO.OCCO. The lowest BCUT2D eigenvalue weighted by Gasteiger charge is -1.70. The molecule has 0 saturated carbocycles. The van der Waals surface area contributed by atoms with Gasteiger partial charge in [-0.15, -0.1) is 118 Å². The second-order valence-electron chi connectivity index (χ2n) is 2.53. The maximum atomic E-state index is 7.62. The van der Waals surface area contributed by atoms with Crippen molar-refractivity contribution in [2.45, 2.75) is 27.7 Å². The monoisotopic (exact) mass is 488 g/mol. The van der Waals surface area contributed by atoms with Gasteiger partial charge in [-0.2, -0.15) is 0 Å². The Morgan fingerprint density at radius 3 is 0.353 bits per heavy atom. The Balaban J connectivity index is -0.0000000129. The van der Waals surface area contributed by atoms with Gasteiger partial charge in [-0.1, -0.05) is 24.3 Å². The first kappa shape index (κ1) is 86.1. The van der Waals surface area contributed by atoms with Crippen LogP contribution in [0.15, 0.2) is 143 Å². The molecule has 0 aliphatic carbocycles. The van der Waals surface area contributed by atoms with Crippen molar-refractivity contribution in [1.82, 2.24) is 0 Å². The van der Waals surface area contributed by atoms with Crippen LogP contribution in [0.4, 0.5) is 0 Å². The number of aliphatic hydroxyl groups excluding tert-OH is 4. The van der Waals surface area contributed by atoms with Gasteiger partial charge in [0.05, 0.1) is 26.4 Å². The third kappa shape index (κ3) is 21800. The van der Waals surface area contributed by atoms with Crippen molar-refractivity contribution in [3.8, 4) is 0 Å². The summed E-state index contributed by atoms with van der Waals surface area (Å²) >= 11 is 0. The van der Waals surface area contributed by atoms with Gasteiger partial charge < -0.3 is 20.4 Å². The molecule has 0 saturated heterocycles. The van der Waals surface area contributed by atoms with Crippen LogP contribution in [0.25, 0.3) is 0 Å². The van der Waals surface area contributed by atoms with E-state index in [9.17, 15) is 0 Å². The number of rotatable bonds is 2. The van der Waals surface area contributed by atoms with Crippen LogP contribution in [0.5, 0.6) is 0 Å². The fourth-order valence-electron chi connectivity index (χ4n) is 0. The molecule has 34 heavy (non-hydrogen) atoms. The summed E-state index contributed by atoms with van der Waals surface area (Å²) in [6.45, 7) is 62.5. The smallest absolute Gasteiger partial charge is 0.0662 e. The maximum Gasteiger partial charge on any atom is 0.0662 e. The molecule has 0 amide bonds. The summed E-state index contributed by atoms with van der Waals surface area (Å²) in [7, 11) is 0. The number of hydrogen-bond donors (Lipinski definition) is 4. The molecular formula is C30H64O4. The molecule has 0 heterocycles. The molecule has 4 N–H and O–H groups in total. The summed E-state index contributed by atoms with van der Waals surface area (Å²) in [6.07, 6.45) is 7.00. The number of hydrogen-bond acceptors (Lipinski definition) is 4. The Morgan fingerprint density at radius 2 is 0.353 bits per heavy atom. The van der Waals surface area contributed by atoms with Crippen molar-refractivity contribution in [3.05, 3.63) is 143 Å². The van der Waals surface area contributed by atoms with Gasteiger partial charge in [0.1, 0.15) is 0 Å². The van der Waals surface area contributed by atoms with E-state index in [0.717, 1.165) is 0 Å². The Kier molecular flexibility index (Phi) is 2570. The van der Waals surface area contributed by atoms with E-state index in [1.165, 1.54) is 0 Å². The Hall–Kier alpha value is -3.02. The largest absolute Gasteiger partial charge is 0.394 e. The predicted molar refractivity (Wildman–Crippen MR) is 171 cm³/mol. The minimum Gasteiger partial charge on any atom is -0.394 e. The Bertz CT molecular complexity index is 166. The van der Waals surface area contributed by atoms with Gasteiger partial charge >= 0.3 is 0 Å². The molecular weight excluding hydrogens is 424 g/mol. The fraction of sp³-hybridized carbons (Fsp3) is 0.267. The van der Waals surface area contributed by atoms with Crippen molar-refractivity contribution in [2.24, 2.45) is 0 Å². The third-order valence-corrected chi connectivity index (χ3v) is 0.200. The first-order valence-electron chi connectivity index (χ1n) is 9.71. The van der Waals surface area contributed by atoms with Crippen LogP contribution in [0, 0.1) is 0 Å². The van der Waals surface area contributed by atoms with Crippen molar-refractivity contribution < 1.29 is 20.4 Å². The lowest BCUT2D eigenvalue weighted by molar-refractivity contribution is 0.186. The zero-order valence-corrected chi connectivity index (χ0v) is 23.7. The molecule has 0 atom stereocenters. The van der Waals surface area contributed by atoms with Gasteiger partial charge in [0, 0.05) is 0 Å². The first-order valence-corrected chi connectivity index (χ1v) is 9.71. The molecule has 0 bridgehead atoms. The van der Waals surface area contributed by atoms with E-state index in [2.05, 4.69) is 118 Å². The summed E-state index contributed by atoms with van der Waals surface area (Å²) in [6, 6.07) is 0. The lowest BCUT2D eigenvalue weighted by Crippen LogP contribution is -1.85. The summed E-state index contributed by atoms with van der Waals surface area (Å²) in [4.78, 5) is 0. The second kappa shape index (κ2) is 1020. The van der Waals surface area contributed by atoms with Gasteiger partial charge in [0.2, 0.25) is 0 Å². The van der Waals surface area contributed by atoms with E-state index < -0.39 is 0 Å². The van der Waals surface area contributed by atoms with E-state index in [1.54, 1.807) is 24.3 Å². The average molecular weight is 489 g/mol. The van der Waals surface area contributed by atoms with Gasteiger partial charge in [0.15, 0.2) is 0 Å². The minimum atomic E-state index is -0.125. The van der Waals surface area contributed by atoms with Gasteiger partial charge in [-0.25, -0.2) is 0 Å². The molecule has 0 unspecified atom stereocenters. The molecule has 0 aromatic carbocycles. The minimum absolute atomic E-state index is 0.125. The van der Waals surface area contributed by atoms with Gasteiger partial charge in [0.25, 0.3) is 0 Å². The van der Waals surface area contributed by atoms with Crippen molar-refractivity contribution in [2.75, 3.05) is 26.4 Å². The molecule has 4 nitrogen and oxygen atoms in total. The van der Waals surface area contributed by atoms with Crippen LogP contribution in [0.3, 0.4) is 0 Å². The van der Waals surface area contributed by atoms with E-state index in [1.807, 2.05) is 27.7 Å². The summed E-state index contributed by atoms with van der Waals surface area (Å²) in [5.41, 5.74) is 0. The molecule has 0 aromatic heterocycles. The lowest BCUT2D eigenvalue weighted by atomic mass is 10.8. The fourth-order valence-corrected chi connectivity index (χ4v) is 0. The van der Waals surface area contributed by atoms with E-state index >= 15 is 0 Å². The molecule has 4 heteroatoms. The van der Waals surface area contributed by atoms with E-state index in [-0.39, 0.29) is 26.4 Å². The highest BCUT2D eigenvalue weighted by molar-refractivity contribution is 4.52. The zero-order valence-electron chi connectivity index (χ0n) is 23.7. The first-order chi connectivity index (χ1) is 16.5. The molecule has 208 valence electrons. The Morgan fingerprint density at radius 1 is 0.324 bits per heavy atom. The van der Waals surface area contributed by atoms with Gasteiger partial charge in [-0.3, -0.25) is 0 Å². The number of allylic oxidation sites excluding steroid dienone is 4. The van der Waals surface area contributed by atoms with Crippen molar-refractivity contribution in [3.63, 3.8) is 0 Å². The van der Waals surface area contributed by atoms with Gasteiger partial charge in [-0.05, 0) is 27.7 Å². The maximum absolute atomic E-state index is 7.62.